The zero-order valence-corrected chi connectivity index (χ0v) is 17.6. The summed E-state index contributed by atoms with van der Waals surface area (Å²) in [5.41, 5.74) is 2.69. The first-order valence-electron chi connectivity index (χ1n) is 9.28. The molecule has 2 aromatic heterocycles. The van der Waals surface area contributed by atoms with E-state index in [0.29, 0.717) is 21.9 Å². The van der Waals surface area contributed by atoms with Gasteiger partial charge >= 0.3 is 5.97 Å². The molecule has 0 aliphatic heterocycles. The van der Waals surface area contributed by atoms with E-state index in [2.05, 4.69) is 15.3 Å². The van der Waals surface area contributed by atoms with Crippen LogP contribution in [0.5, 0.6) is 11.5 Å². The molecule has 0 saturated carbocycles. The summed E-state index contributed by atoms with van der Waals surface area (Å²) in [5.74, 6) is 0.735. The van der Waals surface area contributed by atoms with Gasteiger partial charge in [0.15, 0.2) is 17.3 Å². The number of nitrogens with one attached hydrogen (secondary N) is 1. The molecule has 2 aromatic carbocycles. The van der Waals surface area contributed by atoms with Crippen LogP contribution in [0.1, 0.15) is 21.7 Å². The number of nitrogens with zero attached hydrogens (tertiary/aromatic N) is 3. The minimum absolute atomic E-state index is 0.103. The van der Waals surface area contributed by atoms with E-state index in [1.54, 1.807) is 35.2 Å². The number of aryl methyl sites for hydroxylation is 1. The number of furan rings is 1. The largest absolute Gasteiger partial charge is 0.493 e. The zero-order chi connectivity index (χ0) is 21.8. The number of methoxy groups -OCH3 is 1. The number of H-pyrrole nitrogens is 1. The Balaban J connectivity index is 1.61. The molecule has 4 rings (SSSR count). The Hall–Kier alpha value is -3.98. The van der Waals surface area contributed by atoms with Crippen molar-refractivity contribution in [2.24, 2.45) is 5.10 Å². The highest BCUT2D eigenvalue weighted by Crippen LogP contribution is 2.28. The molecule has 9 heteroatoms. The van der Waals surface area contributed by atoms with Gasteiger partial charge in [-0.05, 0) is 60.6 Å². The molecule has 0 bridgehead atoms. The Morgan fingerprint density at radius 3 is 2.77 bits per heavy atom. The third-order valence-corrected chi connectivity index (χ3v) is 4.74. The lowest BCUT2D eigenvalue weighted by molar-refractivity contribution is 0.0696. The Labute approximate surface area is 182 Å². The van der Waals surface area contributed by atoms with E-state index in [1.165, 1.54) is 19.4 Å². The standard InChI is InChI=1S/C22H18N4O4S/c1-14-6-3-4-7-16(14)20-24-25-22(31)26(20)23-13-15-9-10-17(19(12-15)28-2)30-21(27)18-8-5-11-29-18/h3-13H,1-2H3,(H,25,31)/b23-13+. The molecule has 0 fully saturated rings. The lowest BCUT2D eigenvalue weighted by atomic mass is 10.1. The number of hydrogen-bond acceptors (Lipinski definition) is 7. The van der Waals surface area contributed by atoms with Crippen LogP contribution in [0.2, 0.25) is 0 Å². The normalized spacial score (nSPS) is 11.0. The predicted molar refractivity (Wildman–Crippen MR) is 117 cm³/mol. The van der Waals surface area contributed by atoms with Crippen molar-refractivity contribution in [1.29, 1.82) is 0 Å². The van der Waals surface area contributed by atoms with E-state index in [1.807, 2.05) is 31.2 Å². The molecular weight excluding hydrogens is 416 g/mol. The Kier molecular flexibility index (Phi) is 5.76. The molecule has 0 radical (unpaired) electrons. The molecular formula is C22H18N4O4S. The van der Waals surface area contributed by atoms with Crippen molar-refractivity contribution < 1.29 is 18.7 Å². The first kappa shape index (κ1) is 20.3. The molecule has 0 spiro atoms. The fraction of sp³-hybridized carbons (Fsp3) is 0.0909. The van der Waals surface area contributed by atoms with E-state index in [4.69, 9.17) is 26.1 Å². The monoisotopic (exact) mass is 434 g/mol. The third kappa shape index (κ3) is 4.31. The van der Waals surface area contributed by atoms with E-state index in [9.17, 15) is 4.79 Å². The lowest BCUT2D eigenvalue weighted by Crippen LogP contribution is -2.08. The summed E-state index contributed by atoms with van der Waals surface area (Å²) in [7, 11) is 1.49. The quantitative estimate of drug-likeness (QED) is 0.206. The minimum atomic E-state index is -0.614. The van der Waals surface area contributed by atoms with Gasteiger partial charge in [-0.15, -0.1) is 0 Å². The number of aromatic nitrogens is 3. The summed E-state index contributed by atoms with van der Waals surface area (Å²) in [5, 5.41) is 11.6. The van der Waals surface area contributed by atoms with Gasteiger partial charge < -0.3 is 13.9 Å². The van der Waals surface area contributed by atoms with Gasteiger partial charge in [-0.25, -0.2) is 9.89 Å². The Morgan fingerprint density at radius 2 is 2.03 bits per heavy atom. The second-order valence-corrected chi connectivity index (χ2v) is 6.89. The third-order valence-electron chi connectivity index (χ3n) is 4.47. The molecule has 2 heterocycles. The van der Waals surface area contributed by atoms with Crippen LogP contribution in [0.3, 0.4) is 0 Å². The highest BCUT2D eigenvalue weighted by atomic mass is 32.1. The van der Waals surface area contributed by atoms with Crippen molar-refractivity contribution in [2.75, 3.05) is 7.11 Å². The topological polar surface area (TPSA) is 94.6 Å². The smallest absolute Gasteiger partial charge is 0.379 e. The van der Waals surface area contributed by atoms with Crippen molar-refractivity contribution in [2.45, 2.75) is 6.92 Å². The maximum atomic E-state index is 12.1. The van der Waals surface area contributed by atoms with Crippen molar-refractivity contribution >= 4 is 24.4 Å². The number of carbonyl (C=O) groups is 1. The molecule has 0 aliphatic carbocycles. The first-order chi connectivity index (χ1) is 15.1. The van der Waals surface area contributed by atoms with Gasteiger partial charge in [0, 0.05) is 5.56 Å². The second-order valence-electron chi connectivity index (χ2n) is 6.50. The summed E-state index contributed by atoms with van der Waals surface area (Å²) >= 11 is 5.33. The van der Waals surface area contributed by atoms with Gasteiger partial charge in [0.05, 0.1) is 19.6 Å². The first-order valence-corrected chi connectivity index (χ1v) is 9.69. The summed E-state index contributed by atoms with van der Waals surface area (Å²) in [6.45, 7) is 1.99. The maximum Gasteiger partial charge on any atom is 0.379 e. The fourth-order valence-electron chi connectivity index (χ4n) is 2.91. The van der Waals surface area contributed by atoms with Crippen LogP contribution in [0.25, 0.3) is 11.4 Å². The number of esters is 1. The van der Waals surface area contributed by atoms with Gasteiger partial charge in [-0.2, -0.15) is 14.9 Å². The molecule has 156 valence electrons. The summed E-state index contributed by atoms with van der Waals surface area (Å²) in [6.07, 6.45) is 3.02. The van der Waals surface area contributed by atoms with Crippen LogP contribution in [0.15, 0.2) is 70.4 Å². The average Bonchev–Trinajstić information content (AvgIpc) is 3.44. The molecule has 1 N–H and O–H groups in total. The van der Waals surface area contributed by atoms with Crippen LogP contribution in [0, 0.1) is 11.7 Å². The molecule has 0 unspecified atom stereocenters. The SMILES string of the molecule is COc1cc(/C=N/n2c(-c3ccccc3C)n[nH]c2=S)ccc1OC(=O)c1ccco1. The van der Waals surface area contributed by atoms with Crippen LogP contribution < -0.4 is 9.47 Å². The molecule has 0 saturated heterocycles. The minimum Gasteiger partial charge on any atom is -0.493 e. The van der Waals surface area contributed by atoms with E-state index < -0.39 is 5.97 Å². The summed E-state index contributed by atoms with van der Waals surface area (Å²) < 4.78 is 17.7. The van der Waals surface area contributed by atoms with E-state index in [-0.39, 0.29) is 11.5 Å². The zero-order valence-electron chi connectivity index (χ0n) is 16.7. The number of carbonyl (C=O) groups excluding carboxylic acids is 1. The van der Waals surface area contributed by atoms with Crippen LogP contribution in [-0.2, 0) is 0 Å². The summed E-state index contributed by atoms with van der Waals surface area (Å²) in [4.78, 5) is 12.1. The van der Waals surface area contributed by atoms with Crippen LogP contribution in [0.4, 0.5) is 0 Å². The Bertz CT molecular complexity index is 1310. The maximum absolute atomic E-state index is 12.1. The number of hydrogen-bond donors (Lipinski definition) is 1. The molecule has 8 nitrogen and oxygen atoms in total. The van der Waals surface area contributed by atoms with Crippen molar-refractivity contribution in [3.8, 4) is 22.9 Å². The average molecular weight is 434 g/mol. The van der Waals surface area contributed by atoms with Gasteiger partial charge in [0.2, 0.25) is 10.5 Å². The highest BCUT2D eigenvalue weighted by molar-refractivity contribution is 7.71. The summed E-state index contributed by atoms with van der Waals surface area (Å²) in [6, 6.07) is 16.0. The highest BCUT2D eigenvalue weighted by Gasteiger charge is 2.15. The number of benzene rings is 2. The van der Waals surface area contributed by atoms with Crippen LogP contribution >= 0.6 is 12.2 Å². The molecule has 0 aliphatic rings. The number of ether oxygens (including phenoxy) is 2. The Morgan fingerprint density at radius 1 is 1.19 bits per heavy atom. The molecule has 31 heavy (non-hydrogen) atoms. The van der Waals surface area contributed by atoms with Crippen molar-refractivity contribution in [3.05, 3.63) is 82.5 Å². The lowest BCUT2D eigenvalue weighted by Gasteiger charge is -2.09. The van der Waals surface area contributed by atoms with Gasteiger partial charge in [-0.1, -0.05) is 24.3 Å². The number of rotatable bonds is 6. The van der Waals surface area contributed by atoms with E-state index in [0.717, 1.165) is 11.1 Å². The fourth-order valence-corrected chi connectivity index (χ4v) is 3.09. The van der Waals surface area contributed by atoms with E-state index >= 15 is 0 Å². The second kappa shape index (κ2) is 8.80. The van der Waals surface area contributed by atoms with Crippen molar-refractivity contribution in [3.63, 3.8) is 0 Å². The predicted octanol–water partition coefficient (Wildman–Crippen LogP) is 4.62. The van der Waals surface area contributed by atoms with Gasteiger partial charge in [-0.3, -0.25) is 0 Å². The van der Waals surface area contributed by atoms with Crippen molar-refractivity contribution in [1.82, 2.24) is 14.9 Å². The van der Waals surface area contributed by atoms with Crippen LogP contribution in [-0.4, -0.2) is 34.2 Å². The molecule has 0 atom stereocenters. The molecule has 4 aromatic rings. The van der Waals surface area contributed by atoms with Gasteiger partial charge in [0.25, 0.3) is 0 Å². The number of aromatic amines is 1. The van der Waals surface area contributed by atoms with Gasteiger partial charge in [0.1, 0.15) is 0 Å². The molecule has 0 amide bonds.